The average Bonchev–Trinajstić information content (AvgIpc) is 2.41. The second kappa shape index (κ2) is 6.06. The second-order valence-corrected chi connectivity index (χ2v) is 4.24. The van der Waals surface area contributed by atoms with Crippen LogP contribution < -0.4 is 5.43 Å². The van der Waals surface area contributed by atoms with Gasteiger partial charge in [-0.15, -0.1) is 11.8 Å². The van der Waals surface area contributed by atoms with Gasteiger partial charge < -0.3 is 0 Å². The van der Waals surface area contributed by atoms with Crippen molar-refractivity contribution in [1.82, 2.24) is 4.98 Å². The van der Waals surface area contributed by atoms with Crippen molar-refractivity contribution in [3.8, 4) is 0 Å². The third-order valence-electron chi connectivity index (χ3n) is 2.17. The van der Waals surface area contributed by atoms with Gasteiger partial charge in [-0.25, -0.2) is 4.98 Å². The summed E-state index contributed by atoms with van der Waals surface area (Å²) >= 11 is 1.73. The van der Waals surface area contributed by atoms with Crippen molar-refractivity contribution in [3.63, 3.8) is 0 Å². The number of nitrogens with one attached hydrogen (secondary N) is 1. The number of rotatable bonds is 4. The van der Waals surface area contributed by atoms with E-state index in [0.717, 1.165) is 11.4 Å². The molecule has 0 fully saturated rings. The predicted molar refractivity (Wildman–Crippen MR) is 73.7 cm³/mol. The molecule has 0 spiro atoms. The predicted octanol–water partition coefficient (Wildman–Crippen LogP) is 3.25. The summed E-state index contributed by atoms with van der Waals surface area (Å²) < 4.78 is 0. The highest BCUT2D eigenvalue weighted by atomic mass is 32.2. The fourth-order valence-electron chi connectivity index (χ4n) is 1.29. The number of hydrogen-bond donors (Lipinski definition) is 1. The van der Waals surface area contributed by atoms with Crippen LogP contribution in [0.5, 0.6) is 0 Å². The van der Waals surface area contributed by atoms with Gasteiger partial charge in [0, 0.05) is 11.1 Å². The smallest absolute Gasteiger partial charge is 0.146 e. The Kier molecular flexibility index (Phi) is 4.16. The summed E-state index contributed by atoms with van der Waals surface area (Å²) in [5, 5.41) is 4.12. The van der Waals surface area contributed by atoms with Crippen LogP contribution in [-0.4, -0.2) is 17.5 Å². The van der Waals surface area contributed by atoms with E-state index in [1.807, 2.05) is 30.3 Å². The zero-order valence-electron chi connectivity index (χ0n) is 9.50. The molecule has 2 rings (SSSR count). The average molecular weight is 243 g/mol. The second-order valence-electron chi connectivity index (χ2n) is 3.36. The Morgan fingerprint density at radius 2 is 2.00 bits per heavy atom. The molecular weight excluding hydrogens is 230 g/mol. The van der Waals surface area contributed by atoms with Crippen LogP contribution in [0.3, 0.4) is 0 Å². The Morgan fingerprint density at radius 3 is 2.65 bits per heavy atom. The van der Waals surface area contributed by atoms with Crippen molar-refractivity contribution in [1.29, 1.82) is 0 Å². The van der Waals surface area contributed by atoms with E-state index in [4.69, 9.17) is 0 Å². The lowest BCUT2D eigenvalue weighted by atomic mass is 10.2. The Labute approximate surface area is 105 Å². The van der Waals surface area contributed by atoms with Crippen LogP contribution in [0.4, 0.5) is 5.82 Å². The molecule has 1 aromatic carbocycles. The van der Waals surface area contributed by atoms with E-state index in [1.54, 1.807) is 24.2 Å². The minimum atomic E-state index is 0.740. The van der Waals surface area contributed by atoms with Crippen LogP contribution in [-0.2, 0) is 0 Å². The Bertz CT molecular complexity index is 480. The molecule has 1 aromatic heterocycles. The first-order chi connectivity index (χ1) is 8.38. The minimum absolute atomic E-state index is 0.740. The maximum atomic E-state index is 4.12. The monoisotopic (exact) mass is 243 g/mol. The highest BCUT2D eigenvalue weighted by Crippen LogP contribution is 2.13. The van der Waals surface area contributed by atoms with Gasteiger partial charge in [0.15, 0.2) is 0 Å². The summed E-state index contributed by atoms with van der Waals surface area (Å²) in [5.74, 6) is 0.740. The van der Waals surface area contributed by atoms with E-state index in [9.17, 15) is 0 Å². The summed E-state index contributed by atoms with van der Waals surface area (Å²) in [6.45, 7) is 0. The first-order valence-corrected chi connectivity index (χ1v) is 6.45. The van der Waals surface area contributed by atoms with Crippen molar-refractivity contribution in [2.45, 2.75) is 4.90 Å². The number of aromatic nitrogens is 1. The third-order valence-corrected chi connectivity index (χ3v) is 2.92. The fourth-order valence-corrected chi connectivity index (χ4v) is 1.70. The highest BCUT2D eigenvalue weighted by molar-refractivity contribution is 7.98. The number of nitrogens with zero attached hydrogens (tertiary/aromatic N) is 2. The normalized spacial score (nSPS) is 10.6. The van der Waals surface area contributed by atoms with E-state index in [1.165, 1.54) is 4.90 Å². The van der Waals surface area contributed by atoms with Gasteiger partial charge in [0.2, 0.25) is 0 Å². The number of benzene rings is 1. The van der Waals surface area contributed by atoms with Crippen LogP contribution in [0.25, 0.3) is 0 Å². The van der Waals surface area contributed by atoms with Crippen molar-refractivity contribution < 1.29 is 0 Å². The minimum Gasteiger partial charge on any atom is -0.261 e. The lowest BCUT2D eigenvalue weighted by molar-refractivity contribution is 1.23. The summed E-state index contributed by atoms with van der Waals surface area (Å²) in [5.41, 5.74) is 3.94. The van der Waals surface area contributed by atoms with Crippen LogP contribution in [0, 0.1) is 0 Å². The fraction of sp³-hybridized carbons (Fsp3) is 0.0769. The van der Waals surface area contributed by atoms with E-state index in [-0.39, 0.29) is 0 Å². The Balaban J connectivity index is 1.96. The maximum Gasteiger partial charge on any atom is 0.146 e. The van der Waals surface area contributed by atoms with E-state index >= 15 is 0 Å². The quantitative estimate of drug-likeness (QED) is 0.509. The number of hydrogen-bond acceptors (Lipinski definition) is 4. The molecule has 0 amide bonds. The Morgan fingerprint density at radius 1 is 1.18 bits per heavy atom. The van der Waals surface area contributed by atoms with Gasteiger partial charge >= 0.3 is 0 Å². The molecule has 2 aromatic rings. The Hall–Kier alpha value is -1.81. The van der Waals surface area contributed by atoms with Gasteiger partial charge in [-0.3, -0.25) is 5.43 Å². The lowest BCUT2D eigenvalue weighted by Crippen LogP contribution is -1.92. The van der Waals surface area contributed by atoms with Crippen LogP contribution in [0.1, 0.15) is 5.56 Å². The molecule has 0 unspecified atom stereocenters. The third kappa shape index (κ3) is 3.60. The highest BCUT2D eigenvalue weighted by Gasteiger charge is 1.90. The summed E-state index contributed by atoms with van der Waals surface area (Å²) in [6.07, 6.45) is 5.57. The summed E-state index contributed by atoms with van der Waals surface area (Å²) in [6, 6.07) is 13.9. The summed E-state index contributed by atoms with van der Waals surface area (Å²) in [4.78, 5) is 5.36. The van der Waals surface area contributed by atoms with Gasteiger partial charge in [0.05, 0.1) is 6.21 Å². The maximum absolute atomic E-state index is 4.12. The number of pyridine rings is 1. The number of anilines is 1. The number of hydrazone groups is 1. The van der Waals surface area contributed by atoms with Crippen molar-refractivity contribution >= 4 is 23.8 Å². The number of thioether (sulfide) groups is 1. The molecule has 0 radical (unpaired) electrons. The molecule has 3 nitrogen and oxygen atoms in total. The largest absolute Gasteiger partial charge is 0.261 e. The first kappa shape index (κ1) is 11.7. The molecule has 0 aliphatic rings. The molecular formula is C13H13N3S. The molecule has 0 aliphatic heterocycles. The molecule has 0 saturated heterocycles. The standard InChI is InChI=1S/C13H13N3S/c1-17-12-7-5-11(6-8-12)10-15-16-13-4-2-3-9-14-13/h2-10H,1H3,(H,14,16)/b15-10-. The molecule has 0 saturated carbocycles. The molecule has 0 aliphatic carbocycles. The summed E-state index contributed by atoms with van der Waals surface area (Å²) in [7, 11) is 0. The van der Waals surface area contributed by atoms with Crippen LogP contribution in [0.15, 0.2) is 58.7 Å². The molecule has 1 heterocycles. The molecule has 1 N–H and O–H groups in total. The van der Waals surface area contributed by atoms with Crippen LogP contribution in [0.2, 0.25) is 0 Å². The van der Waals surface area contributed by atoms with Gasteiger partial charge in [-0.2, -0.15) is 5.10 Å². The first-order valence-electron chi connectivity index (χ1n) is 5.22. The zero-order valence-corrected chi connectivity index (χ0v) is 10.3. The van der Waals surface area contributed by atoms with Gasteiger partial charge in [-0.1, -0.05) is 18.2 Å². The molecule has 4 heteroatoms. The van der Waals surface area contributed by atoms with Gasteiger partial charge in [-0.05, 0) is 36.1 Å². The van der Waals surface area contributed by atoms with E-state index in [2.05, 4.69) is 33.9 Å². The van der Waals surface area contributed by atoms with E-state index < -0.39 is 0 Å². The molecule has 0 bridgehead atoms. The molecule has 86 valence electrons. The molecule has 0 atom stereocenters. The van der Waals surface area contributed by atoms with Gasteiger partial charge in [0.1, 0.15) is 5.82 Å². The van der Waals surface area contributed by atoms with Crippen molar-refractivity contribution in [3.05, 3.63) is 54.2 Å². The molecule has 17 heavy (non-hydrogen) atoms. The SMILES string of the molecule is CSc1ccc(/C=N\Nc2ccccn2)cc1. The van der Waals surface area contributed by atoms with Crippen molar-refractivity contribution in [2.24, 2.45) is 5.10 Å². The lowest BCUT2D eigenvalue weighted by Gasteiger charge is -1.98. The topological polar surface area (TPSA) is 37.3 Å². The van der Waals surface area contributed by atoms with Crippen molar-refractivity contribution in [2.75, 3.05) is 11.7 Å². The zero-order chi connectivity index (χ0) is 11.9. The van der Waals surface area contributed by atoms with Crippen LogP contribution >= 0.6 is 11.8 Å². The van der Waals surface area contributed by atoms with Gasteiger partial charge in [0.25, 0.3) is 0 Å². The van der Waals surface area contributed by atoms with E-state index in [0.29, 0.717) is 0 Å².